The van der Waals surface area contributed by atoms with E-state index in [9.17, 15) is 4.39 Å². The summed E-state index contributed by atoms with van der Waals surface area (Å²) in [5.74, 6) is 1.22. The second kappa shape index (κ2) is 5.42. The van der Waals surface area contributed by atoms with Gasteiger partial charge in [-0.25, -0.2) is 14.4 Å². The summed E-state index contributed by atoms with van der Waals surface area (Å²) >= 11 is 0. The number of benzene rings is 1. The summed E-state index contributed by atoms with van der Waals surface area (Å²) in [6.07, 6.45) is 1.59. The monoisotopic (exact) mass is 248 g/mol. The number of nitrogens with two attached hydrogens (primary N) is 1. The molecule has 0 saturated heterocycles. The van der Waals surface area contributed by atoms with E-state index in [1.165, 1.54) is 19.2 Å². The smallest absolute Gasteiger partial charge is 0.144 e. The summed E-state index contributed by atoms with van der Waals surface area (Å²) in [5.41, 5.74) is 5.95. The van der Waals surface area contributed by atoms with Crippen molar-refractivity contribution in [3.63, 3.8) is 0 Å². The zero-order valence-corrected chi connectivity index (χ0v) is 9.85. The number of methoxy groups -OCH3 is 1. The summed E-state index contributed by atoms with van der Waals surface area (Å²) in [6, 6.07) is 5.88. The van der Waals surface area contributed by atoms with Crippen LogP contribution in [0.5, 0.6) is 5.75 Å². The molecule has 5 nitrogen and oxygen atoms in total. The van der Waals surface area contributed by atoms with Gasteiger partial charge in [-0.05, 0) is 18.2 Å². The van der Waals surface area contributed by atoms with E-state index < -0.39 is 0 Å². The summed E-state index contributed by atoms with van der Waals surface area (Å²) in [7, 11) is 1.52. The number of rotatable bonds is 4. The average molecular weight is 248 g/mol. The maximum absolute atomic E-state index is 13.2. The Balaban J connectivity index is 2.29. The summed E-state index contributed by atoms with van der Waals surface area (Å²) < 4.78 is 18.3. The number of halogens is 1. The molecule has 94 valence electrons. The molecule has 0 aliphatic carbocycles. The summed E-state index contributed by atoms with van der Waals surface area (Å²) in [4.78, 5) is 8.14. The Hall–Kier alpha value is -2.21. The van der Waals surface area contributed by atoms with E-state index in [-0.39, 0.29) is 12.4 Å². The molecule has 18 heavy (non-hydrogen) atoms. The minimum Gasteiger partial charge on any atom is -0.495 e. The van der Waals surface area contributed by atoms with Crippen LogP contribution in [0.25, 0.3) is 0 Å². The number of anilines is 2. The van der Waals surface area contributed by atoms with Crippen LogP contribution in [-0.2, 0) is 6.54 Å². The van der Waals surface area contributed by atoms with Gasteiger partial charge < -0.3 is 15.8 Å². The van der Waals surface area contributed by atoms with Gasteiger partial charge in [0.2, 0.25) is 0 Å². The van der Waals surface area contributed by atoms with Crippen LogP contribution in [-0.4, -0.2) is 17.1 Å². The summed E-state index contributed by atoms with van der Waals surface area (Å²) in [5, 5.41) is 2.97. The molecular formula is C12H13FN4O. The fraction of sp³-hybridized carbons (Fsp3) is 0.167. The Morgan fingerprint density at radius 3 is 2.94 bits per heavy atom. The predicted molar refractivity (Wildman–Crippen MR) is 66.2 cm³/mol. The molecule has 0 spiro atoms. The zero-order valence-electron chi connectivity index (χ0n) is 9.85. The van der Waals surface area contributed by atoms with Gasteiger partial charge in [0.1, 0.15) is 23.2 Å². The van der Waals surface area contributed by atoms with E-state index in [0.717, 1.165) is 0 Å². The molecule has 0 bridgehead atoms. The van der Waals surface area contributed by atoms with E-state index in [1.54, 1.807) is 18.3 Å². The van der Waals surface area contributed by atoms with Crippen LogP contribution in [0.1, 0.15) is 5.82 Å². The van der Waals surface area contributed by atoms with E-state index in [2.05, 4.69) is 15.3 Å². The van der Waals surface area contributed by atoms with Crippen LogP contribution in [0.4, 0.5) is 15.9 Å². The van der Waals surface area contributed by atoms with Crippen molar-refractivity contribution >= 4 is 11.5 Å². The van der Waals surface area contributed by atoms with Crippen molar-refractivity contribution < 1.29 is 9.13 Å². The van der Waals surface area contributed by atoms with Crippen LogP contribution in [0.3, 0.4) is 0 Å². The topological polar surface area (TPSA) is 73.1 Å². The molecule has 0 amide bonds. The van der Waals surface area contributed by atoms with Gasteiger partial charge in [-0.2, -0.15) is 0 Å². The molecule has 0 aliphatic heterocycles. The van der Waals surface area contributed by atoms with E-state index in [4.69, 9.17) is 10.5 Å². The highest BCUT2D eigenvalue weighted by Crippen LogP contribution is 2.27. The molecule has 0 unspecified atom stereocenters. The van der Waals surface area contributed by atoms with Crippen molar-refractivity contribution in [3.8, 4) is 5.75 Å². The first-order valence-corrected chi connectivity index (χ1v) is 5.35. The summed E-state index contributed by atoms with van der Waals surface area (Å²) in [6.45, 7) is 0.246. The molecule has 0 radical (unpaired) electrons. The minimum atomic E-state index is -0.355. The fourth-order valence-corrected chi connectivity index (χ4v) is 1.48. The van der Waals surface area contributed by atoms with Crippen molar-refractivity contribution in [2.75, 3.05) is 12.4 Å². The highest BCUT2D eigenvalue weighted by Gasteiger charge is 2.06. The largest absolute Gasteiger partial charge is 0.495 e. The van der Waals surface area contributed by atoms with E-state index in [1.807, 2.05) is 0 Å². The molecule has 1 heterocycles. The third kappa shape index (κ3) is 2.72. The second-order valence-electron chi connectivity index (χ2n) is 3.53. The quantitative estimate of drug-likeness (QED) is 0.863. The van der Waals surface area contributed by atoms with Gasteiger partial charge in [0, 0.05) is 12.3 Å². The normalized spacial score (nSPS) is 10.2. The van der Waals surface area contributed by atoms with Crippen molar-refractivity contribution in [3.05, 3.63) is 42.1 Å². The molecule has 6 heteroatoms. The molecule has 3 N–H and O–H groups in total. The second-order valence-corrected chi connectivity index (χ2v) is 3.53. The molecule has 1 aromatic carbocycles. The van der Waals surface area contributed by atoms with Crippen LogP contribution in [0, 0.1) is 5.82 Å². The number of nitrogens with zero attached hydrogens (tertiary/aromatic N) is 2. The van der Waals surface area contributed by atoms with Gasteiger partial charge in [0.15, 0.2) is 0 Å². The van der Waals surface area contributed by atoms with E-state index in [0.29, 0.717) is 23.1 Å². The number of ether oxygens (including phenoxy) is 1. The molecule has 0 atom stereocenters. The lowest BCUT2D eigenvalue weighted by atomic mass is 10.3. The third-order valence-corrected chi connectivity index (χ3v) is 2.31. The first-order chi connectivity index (χ1) is 8.72. The van der Waals surface area contributed by atoms with Gasteiger partial charge in [-0.3, -0.25) is 0 Å². The highest BCUT2D eigenvalue weighted by molar-refractivity contribution is 5.63. The predicted octanol–water partition coefficient (Wildman–Crippen LogP) is 1.83. The lowest BCUT2D eigenvalue weighted by Crippen LogP contribution is -2.05. The molecule has 2 rings (SSSR count). The Kier molecular flexibility index (Phi) is 3.69. The number of hydrogen-bond donors (Lipinski definition) is 2. The van der Waals surface area contributed by atoms with Gasteiger partial charge in [-0.15, -0.1) is 0 Å². The standard InChI is InChI=1S/C12H13FN4O/c1-18-10-3-2-8(13)6-9(10)16-11-4-5-15-12(7-14)17-11/h2-6H,7,14H2,1H3,(H,15,16,17). The fourth-order valence-electron chi connectivity index (χ4n) is 1.48. The molecule has 0 aliphatic rings. The molecule has 2 aromatic rings. The van der Waals surface area contributed by atoms with Crippen LogP contribution in [0.15, 0.2) is 30.5 Å². The van der Waals surface area contributed by atoms with Crippen molar-refractivity contribution in [1.29, 1.82) is 0 Å². The van der Waals surface area contributed by atoms with Crippen LogP contribution in [0.2, 0.25) is 0 Å². The molecule has 0 fully saturated rings. The Bertz CT molecular complexity index is 547. The van der Waals surface area contributed by atoms with Crippen molar-refractivity contribution in [2.24, 2.45) is 5.73 Å². The molecular weight excluding hydrogens is 235 g/mol. The first-order valence-electron chi connectivity index (χ1n) is 5.35. The van der Waals surface area contributed by atoms with Gasteiger partial charge >= 0.3 is 0 Å². The van der Waals surface area contributed by atoms with Gasteiger partial charge in [0.05, 0.1) is 19.3 Å². The zero-order chi connectivity index (χ0) is 13.0. The average Bonchev–Trinajstić information content (AvgIpc) is 2.39. The SMILES string of the molecule is COc1ccc(F)cc1Nc1ccnc(CN)n1. The lowest BCUT2D eigenvalue weighted by molar-refractivity contribution is 0.416. The van der Waals surface area contributed by atoms with Gasteiger partial charge in [-0.1, -0.05) is 0 Å². The number of nitrogens with one attached hydrogen (secondary N) is 1. The number of hydrogen-bond acceptors (Lipinski definition) is 5. The maximum Gasteiger partial charge on any atom is 0.144 e. The third-order valence-electron chi connectivity index (χ3n) is 2.31. The van der Waals surface area contributed by atoms with Crippen molar-refractivity contribution in [2.45, 2.75) is 6.54 Å². The molecule has 0 saturated carbocycles. The van der Waals surface area contributed by atoms with E-state index >= 15 is 0 Å². The van der Waals surface area contributed by atoms with Crippen molar-refractivity contribution in [1.82, 2.24) is 9.97 Å². The Morgan fingerprint density at radius 2 is 2.22 bits per heavy atom. The number of aromatic nitrogens is 2. The van der Waals surface area contributed by atoms with Crippen LogP contribution >= 0.6 is 0 Å². The van der Waals surface area contributed by atoms with Crippen LogP contribution < -0.4 is 15.8 Å². The Morgan fingerprint density at radius 1 is 1.39 bits per heavy atom. The first kappa shape index (κ1) is 12.3. The minimum absolute atomic E-state index is 0.246. The Labute approximate surface area is 104 Å². The lowest BCUT2D eigenvalue weighted by Gasteiger charge is -2.10. The molecule has 1 aromatic heterocycles. The van der Waals surface area contributed by atoms with Gasteiger partial charge in [0.25, 0.3) is 0 Å². The highest BCUT2D eigenvalue weighted by atomic mass is 19.1. The maximum atomic E-state index is 13.2.